The lowest BCUT2D eigenvalue weighted by molar-refractivity contribution is 0.148. The molecule has 0 amide bonds. The zero-order valence-electron chi connectivity index (χ0n) is 24.6. The topological polar surface area (TPSA) is 141 Å². The molecule has 2 aliphatic heterocycles. The number of sulfonamides is 1. The maximum atomic E-state index is 12.9. The van der Waals surface area contributed by atoms with Crippen LogP contribution >= 0.6 is 11.6 Å². The molecule has 13 nitrogen and oxygen atoms in total. The van der Waals surface area contributed by atoms with Gasteiger partial charge >= 0.3 is 0 Å². The molecular weight excluding hydrogens is 602 g/mol. The van der Waals surface area contributed by atoms with Crippen LogP contribution in [0.2, 0.25) is 5.02 Å². The summed E-state index contributed by atoms with van der Waals surface area (Å²) in [5, 5.41) is 18.2. The van der Waals surface area contributed by atoms with Gasteiger partial charge in [0, 0.05) is 76.9 Å². The average Bonchev–Trinajstić information content (AvgIpc) is 3.69. The van der Waals surface area contributed by atoms with Crippen LogP contribution in [0.15, 0.2) is 54.3 Å². The molecule has 2 aliphatic rings. The Morgan fingerprint density at radius 3 is 2.52 bits per heavy atom. The lowest BCUT2D eigenvalue weighted by atomic mass is 10.1. The molecule has 0 saturated carbocycles. The second-order valence-corrected chi connectivity index (χ2v) is 13.6. The number of anilines is 1. The Morgan fingerprint density at radius 2 is 1.82 bits per heavy atom. The van der Waals surface area contributed by atoms with Crippen LogP contribution in [0.3, 0.4) is 0 Å². The van der Waals surface area contributed by atoms with Gasteiger partial charge in [-0.2, -0.15) is 14.7 Å². The van der Waals surface area contributed by atoms with Crippen LogP contribution < -0.4 is 5.32 Å². The number of benzene rings is 1. The number of hydrogen-bond acceptors (Lipinski definition) is 10. The number of likely N-dealkylation sites (N-methyl/N-ethyl adjacent to an activating group) is 1. The van der Waals surface area contributed by atoms with E-state index in [-0.39, 0.29) is 11.1 Å². The summed E-state index contributed by atoms with van der Waals surface area (Å²) in [6.45, 7) is 5.62. The highest BCUT2D eigenvalue weighted by Gasteiger charge is 2.31. The molecule has 44 heavy (non-hydrogen) atoms. The first-order valence-electron chi connectivity index (χ1n) is 14.5. The van der Waals surface area contributed by atoms with Gasteiger partial charge in [-0.1, -0.05) is 17.7 Å². The number of rotatable bonds is 8. The molecule has 230 valence electrons. The van der Waals surface area contributed by atoms with Gasteiger partial charge in [0.15, 0.2) is 5.03 Å². The van der Waals surface area contributed by atoms with E-state index < -0.39 is 10.0 Å². The van der Waals surface area contributed by atoms with Crippen molar-refractivity contribution in [3.8, 4) is 23.0 Å². The van der Waals surface area contributed by atoms with Crippen molar-refractivity contribution < 1.29 is 8.42 Å². The van der Waals surface area contributed by atoms with Crippen molar-refractivity contribution in [1.29, 1.82) is 5.26 Å². The van der Waals surface area contributed by atoms with Crippen molar-refractivity contribution in [1.82, 2.24) is 43.4 Å². The summed E-state index contributed by atoms with van der Waals surface area (Å²) in [5.74, 6) is 0.397. The molecule has 0 unspecified atom stereocenters. The predicted octanol–water partition coefficient (Wildman–Crippen LogP) is 2.60. The largest absolute Gasteiger partial charge is 0.351 e. The third kappa shape index (κ3) is 6.47. The zero-order chi connectivity index (χ0) is 30.8. The number of halogens is 1. The number of nitriles is 1. The van der Waals surface area contributed by atoms with Crippen molar-refractivity contribution in [2.75, 3.05) is 51.6 Å². The standard InChI is InChI=1S/C29H34ClN11O2S/c1-37-9-11-39(12-10-37)17-21-3-4-26(22(13-21)14-31)41-18-23(15-34-41)28-25(30)16-32-29(36-28)35-24-5-7-40(8-6-24)44(42,43)27-19-38(2)20-33-27/h3-4,13,15-16,18-20,24H,5-12,17H2,1-2H3,(H,32,35,36). The Hall–Kier alpha value is -3.87. The van der Waals surface area contributed by atoms with Gasteiger partial charge in [0.25, 0.3) is 10.0 Å². The molecule has 0 aliphatic carbocycles. The van der Waals surface area contributed by atoms with Crippen LogP contribution in [0, 0.1) is 11.3 Å². The normalized spacial score (nSPS) is 17.5. The Labute approximate surface area is 261 Å². The van der Waals surface area contributed by atoms with Crippen LogP contribution in [0.5, 0.6) is 0 Å². The molecule has 1 aromatic carbocycles. The minimum Gasteiger partial charge on any atom is -0.351 e. The van der Waals surface area contributed by atoms with Gasteiger partial charge in [0.2, 0.25) is 5.95 Å². The first-order chi connectivity index (χ1) is 21.2. The summed E-state index contributed by atoms with van der Waals surface area (Å²) < 4.78 is 30.6. The van der Waals surface area contributed by atoms with E-state index in [9.17, 15) is 13.7 Å². The zero-order valence-corrected chi connectivity index (χ0v) is 26.2. The molecule has 3 aromatic heterocycles. The molecule has 0 radical (unpaired) electrons. The smallest absolute Gasteiger partial charge is 0.262 e. The summed E-state index contributed by atoms with van der Waals surface area (Å²) in [7, 11) is 0.244. The fraction of sp³-hybridized carbons (Fsp3) is 0.414. The van der Waals surface area contributed by atoms with Crippen molar-refractivity contribution in [2.24, 2.45) is 7.05 Å². The van der Waals surface area contributed by atoms with E-state index in [4.69, 9.17) is 11.6 Å². The minimum absolute atomic E-state index is 0.00974. The Kier molecular flexibility index (Phi) is 8.66. The first-order valence-corrected chi connectivity index (χ1v) is 16.3. The molecular formula is C29H34ClN11O2S. The molecule has 6 rings (SSSR count). The fourth-order valence-electron chi connectivity index (χ4n) is 5.53. The van der Waals surface area contributed by atoms with Crippen LogP contribution in [0.4, 0.5) is 5.95 Å². The van der Waals surface area contributed by atoms with Crippen LogP contribution in [0.25, 0.3) is 16.9 Å². The molecule has 0 spiro atoms. The van der Waals surface area contributed by atoms with Crippen molar-refractivity contribution in [3.05, 3.63) is 65.5 Å². The number of hydrogen-bond donors (Lipinski definition) is 1. The summed E-state index contributed by atoms with van der Waals surface area (Å²) in [4.78, 5) is 17.8. The Morgan fingerprint density at radius 1 is 1.05 bits per heavy atom. The van der Waals surface area contributed by atoms with Crippen molar-refractivity contribution >= 4 is 27.6 Å². The molecule has 0 bridgehead atoms. The second-order valence-electron chi connectivity index (χ2n) is 11.3. The number of nitrogens with one attached hydrogen (secondary N) is 1. The third-order valence-corrected chi connectivity index (χ3v) is 10.2. The summed E-state index contributed by atoms with van der Waals surface area (Å²) in [5.41, 5.74) is 3.51. The SMILES string of the molecule is CN1CCN(Cc2ccc(-n3cc(-c4nc(NC5CCN(S(=O)(=O)c6cn(C)cn6)CC5)ncc4Cl)cn3)c(C#N)c2)CC1. The van der Waals surface area contributed by atoms with E-state index in [1.54, 1.807) is 28.7 Å². The van der Waals surface area contributed by atoms with Crippen LogP contribution in [-0.2, 0) is 23.6 Å². The number of imidazole rings is 1. The summed E-state index contributed by atoms with van der Waals surface area (Å²) in [6, 6.07) is 8.21. The van der Waals surface area contributed by atoms with Crippen LogP contribution in [-0.4, -0.2) is 104 Å². The molecule has 2 fully saturated rings. The highest BCUT2D eigenvalue weighted by molar-refractivity contribution is 7.89. The number of piperidine rings is 1. The quantitative estimate of drug-likeness (QED) is 0.307. The van der Waals surface area contributed by atoms with Gasteiger partial charge in [-0.15, -0.1) is 0 Å². The first kappa shape index (κ1) is 30.2. The van der Waals surface area contributed by atoms with Gasteiger partial charge in [0.05, 0.1) is 40.7 Å². The Balaban J connectivity index is 1.12. The number of nitrogens with zero attached hydrogens (tertiary/aromatic N) is 10. The average molecular weight is 636 g/mol. The molecule has 1 N–H and O–H groups in total. The van der Waals surface area contributed by atoms with E-state index >= 15 is 0 Å². The minimum atomic E-state index is -3.63. The van der Waals surface area contributed by atoms with Crippen molar-refractivity contribution in [3.63, 3.8) is 0 Å². The fourth-order valence-corrected chi connectivity index (χ4v) is 7.16. The summed E-state index contributed by atoms with van der Waals surface area (Å²) >= 11 is 6.51. The predicted molar refractivity (Wildman–Crippen MR) is 166 cm³/mol. The summed E-state index contributed by atoms with van der Waals surface area (Å²) in [6.07, 6.45) is 9.18. The van der Waals surface area contributed by atoms with Gasteiger partial charge < -0.3 is 14.8 Å². The Bertz CT molecular complexity index is 1780. The van der Waals surface area contributed by atoms with E-state index in [2.05, 4.69) is 48.3 Å². The number of aryl methyl sites for hydroxylation is 1. The highest BCUT2D eigenvalue weighted by atomic mass is 35.5. The van der Waals surface area contributed by atoms with E-state index in [1.165, 1.54) is 23.0 Å². The monoisotopic (exact) mass is 635 g/mol. The van der Waals surface area contributed by atoms with E-state index in [0.717, 1.165) is 38.3 Å². The molecule has 4 aromatic rings. The number of aromatic nitrogens is 6. The molecule has 15 heteroatoms. The maximum Gasteiger partial charge on any atom is 0.262 e. The van der Waals surface area contributed by atoms with Gasteiger partial charge in [-0.05, 0) is 37.6 Å². The maximum absolute atomic E-state index is 12.9. The molecule has 0 atom stereocenters. The highest BCUT2D eigenvalue weighted by Crippen LogP contribution is 2.28. The van der Waals surface area contributed by atoms with E-state index in [0.29, 0.717) is 59.4 Å². The van der Waals surface area contributed by atoms with Gasteiger partial charge in [0.1, 0.15) is 6.07 Å². The van der Waals surface area contributed by atoms with Gasteiger partial charge in [-0.25, -0.2) is 28.1 Å². The number of piperazine rings is 1. The lowest BCUT2D eigenvalue weighted by Crippen LogP contribution is -2.43. The van der Waals surface area contributed by atoms with Crippen molar-refractivity contribution in [2.45, 2.75) is 30.5 Å². The van der Waals surface area contributed by atoms with E-state index in [1.807, 2.05) is 18.2 Å². The molecule has 2 saturated heterocycles. The second kappa shape index (κ2) is 12.6. The lowest BCUT2D eigenvalue weighted by Gasteiger charge is -2.32. The van der Waals surface area contributed by atoms with Gasteiger partial charge in [-0.3, -0.25) is 4.90 Å². The third-order valence-electron chi connectivity index (χ3n) is 8.10. The van der Waals surface area contributed by atoms with Crippen LogP contribution in [0.1, 0.15) is 24.0 Å². The molecule has 5 heterocycles.